The van der Waals surface area contributed by atoms with Crippen molar-refractivity contribution in [1.29, 1.82) is 0 Å². The quantitative estimate of drug-likeness (QED) is 0.784. The predicted octanol–water partition coefficient (Wildman–Crippen LogP) is 2.92. The van der Waals surface area contributed by atoms with Crippen LogP contribution in [0.2, 0.25) is 0 Å². The summed E-state index contributed by atoms with van der Waals surface area (Å²) in [5, 5.41) is 15.7. The summed E-state index contributed by atoms with van der Waals surface area (Å²) in [6.07, 6.45) is 0.983. The van der Waals surface area contributed by atoms with Crippen molar-refractivity contribution in [2.45, 2.75) is 13.3 Å². The first-order valence-corrected chi connectivity index (χ1v) is 6.61. The minimum Gasteiger partial charge on any atom is -0.508 e. The maximum absolute atomic E-state index is 12.2. The van der Waals surface area contributed by atoms with Gasteiger partial charge < -0.3 is 15.7 Å². The van der Waals surface area contributed by atoms with E-state index in [2.05, 4.69) is 10.6 Å². The molecule has 0 spiro atoms. The number of aryl methyl sites for hydroxylation is 1. The molecule has 0 aromatic heterocycles. The number of anilines is 2. The van der Waals surface area contributed by atoms with E-state index in [1.54, 1.807) is 19.1 Å². The summed E-state index contributed by atoms with van der Waals surface area (Å²) in [5.74, 6) is 0.0316. The molecule has 0 radical (unpaired) electrons. The molecule has 102 valence electrons. The standard InChI is InChI=1S/C16H16N2O2/c1-10-8-12(2-5-15(10)19)16(20)18-13-3-4-14-11(9-13)6-7-17-14/h2-5,8-9,17,19H,6-7H2,1H3,(H,18,20). The van der Waals surface area contributed by atoms with Crippen LogP contribution in [0.5, 0.6) is 5.75 Å². The molecule has 4 heteroatoms. The highest BCUT2D eigenvalue weighted by Gasteiger charge is 2.12. The lowest BCUT2D eigenvalue weighted by molar-refractivity contribution is 0.102. The van der Waals surface area contributed by atoms with Gasteiger partial charge in [0.2, 0.25) is 0 Å². The first kappa shape index (κ1) is 12.5. The maximum atomic E-state index is 12.2. The number of carbonyl (C=O) groups excluding carboxylic acids is 1. The van der Waals surface area contributed by atoms with E-state index in [9.17, 15) is 9.90 Å². The number of phenols is 1. The van der Waals surface area contributed by atoms with Gasteiger partial charge in [-0.25, -0.2) is 0 Å². The van der Waals surface area contributed by atoms with E-state index in [4.69, 9.17) is 0 Å². The van der Waals surface area contributed by atoms with Gasteiger partial charge in [0.05, 0.1) is 0 Å². The van der Waals surface area contributed by atoms with Crippen molar-refractivity contribution in [1.82, 2.24) is 0 Å². The number of aromatic hydroxyl groups is 1. The molecule has 3 rings (SSSR count). The third kappa shape index (κ3) is 2.32. The van der Waals surface area contributed by atoms with Crippen molar-refractivity contribution in [3.8, 4) is 5.75 Å². The summed E-state index contributed by atoms with van der Waals surface area (Å²) in [4.78, 5) is 12.2. The summed E-state index contributed by atoms with van der Waals surface area (Å²) < 4.78 is 0. The van der Waals surface area contributed by atoms with E-state index in [1.807, 2.05) is 18.2 Å². The molecule has 3 N–H and O–H groups in total. The van der Waals surface area contributed by atoms with Gasteiger partial charge in [-0.05, 0) is 60.9 Å². The lowest BCUT2D eigenvalue weighted by Crippen LogP contribution is -2.12. The van der Waals surface area contributed by atoms with Crippen molar-refractivity contribution < 1.29 is 9.90 Å². The Balaban J connectivity index is 1.80. The molecule has 1 aliphatic rings. The number of nitrogens with one attached hydrogen (secondary N) is 2. The molecule has 0 saturated heterocycles. The molecular formula is C16H16N2O2. The number of hydrogen-bond acceptors (Lipinski definition) is 3. The Morgan fingerprint density at radius 1 is 1.25 bits per heavy atom. The minimum atomic E-state index is -0.168. The Bertz CT molecular complexity index is 680. The molecule has 1 aliphatic heterocycles. The van der Waals surface area contributed by atoms with Gasteiger partial charge in [0.25, 0.3) is 5.91 Å². The van der Waals surface area contributed by atoms with Crippen LogP contribution in [0, 0.1) is 6.92 Å². The first-order chi connectivity index (χ1) is 9.63. The Morgan fingerprint density at radius 2 is 2.10 bits per heavy atom. The zero-order chi connectivity index (χ0) is 14.1. The number of rotatable bonds is 2. The summed E-state index contributed by atoms with van der Waals surface area (Å²) >= 11 is 0. The highest BCUT2D eigenvalue weighted by Crippen LogP contribution is 2.25. The van der Waals surface area contributed by atoms with Gasteiger partial charge in [-0.3, -0.25) is 4.79 Å². The minimum absolute atomic E-state index is 0.168. The molecule has 1 heterocycles. The fraction of sp³-hybridized carbons (Fsp3) is 0.188. The van der Waals surface area contributed by atoms with Crippen molar-refractivity contribution >= 4 is 17.3 Å². The summed E-state index contributed by atoms with van der Waals surface area (Å²) in [6.45, 7) is 2.72. The van der Waals surface area contributed by atoms with Gasteiger partial charge in [-0.1, -0.05) is 0 Å². The van der Waals surface area contributed by atoms with Crippen LogP contribution in [-0.4, -0.2) is 17.6 Å². The predicted molar refractivity (Wildman–Crippen MR) is 79.4 cm³/mol. The Kier molecular flexibility index (Phi) is 3.06. The number of carbonyl (C=O) groups is 1. The molecule has 0 saturated carbocycles. The van der Waals surface area contributed by atoms with Gasteiger partial charge >= 0.3 is 0 Å². The van der Waals surface area contributed by atoms with Crippen molar-refractivity contribution in [3.05, 3.63) is 53.1 Å². The molecule has 2 aromatic rings. The van der Waals surface area contributed by atoms with Gasteiger partial charge in [0.1, 0.15) is 5.75 Å². The first-order valence-electron chi connectivity index (χ1n) is 6.61. The van der Waals surface area contributed by atoms with Crippen molar-refractivity contribution in [3.63, 3.8) is 0 Å². The molecule has 0 aliphatic carbocycles. The largest absolute Gasteiger partial charge is 0.508 e. The fourth-order valence-corrected chi connectivity index (χ4v) is 2.38. The molecule has 2 aromatic carbocycles. The normalized spacial score (nSPS) is 12.7. The molecule has 4 nitrogen and oxygen atoms in total. The van der Waals surface area contributed by atoms with E-state index in [0.29, 0.717) is 11.1 Å². The van der Waals surface area contributed by atoms with E-state index < -0.39 is 0 Å². The molecule has 1 amide bonds. The van der Waals surface area contributed by atoms with Gasteiger partial charge in [0.15, 0.2) is 0 Å². The zero-order valence-corrected chi connectivity index (χ0v) is 11.2. The van der Waals surface area contributed by atoms with E-state index in [1.165, 1.54) is 11.6 Å². The molecule has 20 heavy (non-hydrogen) atoms. The number of hydrogen-bond donors (Lipinski definition) is 3. The average molecular weight is 268 g/mol. The second-order valence-corrected chi connectivity index (χ2v) is 5.00. The van der Waals surface area contributed by atoms with Crippen LogP contribution in [0.25, 0.3) is 0 Å². The monoisotopic (exact) mass is 268 g/mol. The third-order valence-corrected chi connectivity index (χ3v) is 3.53. The van der Waals surface area contributed by atoms with Crippen LogP contribution in [0.3, 0.4) is 0 Å². The smallest absolute Gasteiger partial charge is 0.255 e. The van der Waals surface area contributed by atoms with E-state index in [0.717, 1.165) is 24.3 Å². The van der Waals surface area contributed by atoms with E-state index in [-0.39, 0.29) is 11.7 Å². The van der Waals surface area contributed by atoms with Crippen LogP contribution >= 0.6 is 0 Å². The Labute approximate surface area is 117 Å². The fourth-order valence-electron chi connectivity index (χ4n) is 2.38. The number of phenolic OH excluding ortho intramolecular Hbond substituents is 1. The molecule has 0 unspecified atom stereocenters. The number of amides is 1. The number of fused-ring (bicyclic) bond motifs is 1. The number of benzene rings is 2. The lowest BCUT2D eigenvalue weighted by Gasteiger charge is -2.08. The lowest BCUT2D eigenvalue weighted by atomic mass is 10.1. The molecular weight excluding hydrogens is 252 g/mol. The molecule has 0 bridgehead atoms. The Morgan fingerprint density at radius 3 is 2.90 bits per heavy atom. The Hall–Kier alpha value is -2.49. The maximum Gasteiger partial charge on any atom is 0.255 e. The van der Waals surface area contributed by atoms with Gasteiger partial charge in [-0.15, -0.1) is 0 Å². The van der Waals surface area contributed by atoms with Crippen LogP contribution in [0.4, 0.5) is 11.4 Å². The van der Waals surface area contributed by atoms with Gasteiger partial charge in [-0.2, -0.15) is 0 Å². The van der Waals surface area contributed by atoms with Crippen LogP contribution in [0.15, 0.2) is 36.4 Å². The van der Waals surface area contributed by atoms with Crippen LogP contribution < -0.4 is 10.6 Å². The molecule has 0 atom stereocenters. The molecule has 0 fully saturated rings. The summed E-state index contributed by atoms with van der Waals surface area (Å²) in [6, 6.07) is 10.7. The highest BCUT2D eigenvalue weighted by atomic mass is 16.3. The second kappa shape index (κ2) is 4.89. The van der Waals surface area contributed by atoms with Crippen molar-refractivity contribution in [2.24, 2.45) is 0 Å². The summed E-state index contributed by atoms with van der Waals surface area (Å²) in [5.41, 5.74) is 4.39. The third-order valence-electron chi connectivity index (χ3n) is 3.53. The topological polar surface area (TPSA) is 61.4 Å². The van der Waals surface area contributed by atoms with Crippen molar-refractivity contribution in [2.75, 3.05) is 17.2 Å². The van der Waals surface area contributed by atoms with E-state index >= 15 is 0 Å². The second-order valence-electron chi connectivity index (χ2n) is 5.00. The SMILES string of the molecule is Cc1cc(C(=O)Nc2ccc3c(c2)CCN3)ccc1O. The average Bonchev–Trinajstić information content (AvgIpc) is 2.89. The zero-order valence-electron chi connectivity index (χ0n) is 11.2. The van der Waals surface area contributed by atoms with Crippen LogP contribution in [0.1, 0.15) is 21.5 Å². The van der Waals surface area contributed by atoms with Gasteiger partial charge in [0, 0.05) is 23.5 Å². The highest BCUT2D eigenvalue weighted by molar-refractivity contribution is 6.04. The summed E-state index contributed by atoms with van der Waals surface area (Å²) in [7, 11) is 0. The van der Waals surface area contributed by atoms with Crippen LogP contribution in [-0.2, 0) is 6.42 Å².